The first-order valence-electron chi connectivity index (χ1n) is 7.51. The SMILES string of the molecule is CC(N)Cc1cnc(CC2CCCCN2C(C)C)o1. The van der Waals surface area contributed by atoms with Crippen molar-refractivity contribution < 1.29 is 4.42 Å². The molecule has 2 N–H and O–H groups in total. The van der Waals surface area contributed by atoms with Gasteiger partial charge in [-0.25, -0.2) is 4.98 Å². The van der Waals surface area contributed by atoms with Crippen LogP contribution in [-0.4, -0.2) is 34.6 Å². The highest BCUT2D eigenvalue weighted by molar-refractivity contribution is 4.98. The Labute approximate surface area is 116 Å². The molecule has 0 aromatic carbocycles. The van der Waals surface area contributed by atoms with Crippen LogP contribution in [0.2, 0.25) is 0 Å². The van der Waals surface area contributed by atoms with Crippen LogP contribution in [0.15, 0.2) is 10.6 Å². The third-order valence-electron chi connectivity index (χ3n) is 3.87. The monoisotopic (exact) mass is 265 g/mol. The van der Waals surface area contributed by atoms with Gasteiger partial charge in [-0.2, -0.15) is 0 Å². The first kappa shape index (κ1) is 14.5. The molecule has 1 aromatic heterocycles. The number of hydrogen-bond donors (Lipinski definition) is 1. The summed E-state index contributed by atoms with van der Waals surface area (Å²) in [6, 6.07) is 1.31. The molecule has 0 bridgehead atoms. The molecule has 1 aliphatic rings. The standard InChI is InChI=1S/C15H27N3O/c1-11(2)18-7-5-4-6-13(18)9-15-17-10-14(19-15)8-12(3)16/h10-13H,4-9,16H2,1-3H3. The van der Waals surface area contributed by atoms with Crippen LogP contribution >= 0.6 is 0 Å². The average Bonchev–Trinajstić information content (AvgIpc) is 2.76. The summed E-state index contributed by atoms with van der Waals surface area (Å²) < 4.78 is 5.81. The Kier molecular flexibility index (Phi) is 4.99. The molecule has 2 unspecified atom stereocenters. The van der Waals surface area contributed by atoms with Crippen molar-refractivity contribution in [3.63, 3.8) is 0 Å². The Hall–Kier alpha value is -0.870. The van der Waals surface area contributed by atoms with Gasteiger partial charge in [0.05, 0.1) is 6.20 Å². The molecule has 0 saturated carbocycles. The Morgan fingerprint density at radius 3 is 2.89 bits per heavy atom. The zero-order valence-corrected chi connectivity index (χ0v) is 12.4. The molecule has 0 spiro atoms. The van der Waals surface area contributed by atoms with Crippen LogP contribution < -0.4 is 5.73 Å². The Balaban J connectivity index is 1.96. The van der Waals surface area contributed by atoms with Crippen LogP contribution in [0, 0.1) is 0 Å². The number of likely N-dealkylation sites (tertiary alicyclic amines) is 1. The van der Waals surface area contributed by atoms with E-state index < -0.39 is 0 Å². The molecule has 4 heteroatoms. The minimum absolute atomic E-state index is 0.127. The second kappa shape index (κ2) is 6.53. The highest BCUT2D eigenvalue weighted by atomic mass is 16.4. The Morgan fingerprint density at radius 2 is 2.21 bits per heavy atom. The fraction of sp³-hybridized carbons (Fsp3) is 0.800. The molecule has 4 nitrogen and oxygen atoms in total. The van der Waals surface area contributed by atoms with Crippen molar-refractivity contribution in [3.8, 4) is 0 Å². The van der Waals surface area contributed by atoms with E-state index in [-0.39, 0.29) is 6.04 Å². The summed E-state index contributed by atoms with van der Waals surface area (Å²) in [6.07, 6.45) is 7.42. The van der Waals surface area contributed by atoms with Gasteiger partial charge < -0.3 is 10.2 Å². The quantitative estimate of drug-likeness (QED) is 0.888. The summed E-state index contributed by atoms with van der Waals surface area (Å²) in [5.74, 6) is 1.78. The molecule has 1 saturated heterocycles. The van der Waals surface area contributed by atoms with E-state index in [2.05, 4.69) is 23.7 Å². The molecule has 0 amide bonds. The topological polar surface area (TPSA) is 55.3 Å². The zero-order valence-electron chi connectivity index (χ0n) is 12.4. The molecular formula is C15H27N3O. The molecule has 2 rings (SSSR count). The lowest BCUT2D eigenvalue weighted by atomic mass is 9.98. The van der Waals surface area contributed by atoms with Gasteiger partial charge in [0.15, 0.2) is 5.89 Å². The van der Waals surface area contributed by atoms with Crippen LogP contribution in [0.1, 0.15) is 51.7 Å². The maximum atomic E-state index is 5.81. The first-order chi connectivity index (χ1) is 9.06. The Bertz CT molecular complexity index is 386. The summed E-state index contributed by atoms with van der Waals surface area (Å²) in [7, 11) is 0. The fourth-order valence-electron chi connectivity index (χ4n) is 2.98. The van der Waals surface area contributed by atoms with Crippen LogP contribution in [-0.2, 0) is 12.8 Å². The van der Waals surface area contributed by atoms with Crippen molar-refractivity contribution in [2.24, 2.45) is 5.73 Å². The van der Waals surface area contributed by atoms with Crippen molar-refractivity contribution in [3.05, 3.63) is 17.8 Å². The van der Waals surface area contributed by atoms with E-state index in [0.717, 1.165) is 24.5 Å². The van der Waals surface area contributed by atoms with Gasteiger partial charge in [-0.15, -0.1) is 0 Å². The molecule has 19 heavy (non-hydrogen) atoms. The third kappa shape index (κ3) is 4.05. The highest BCUT2D eigenvalue weighted by Crippen LogP contribution is 2.22. The van der Waals surface area contributed by atoms with E-state index in [0.29, 0.717) is 12.1 Å². The smallest absolute Gasteiger partial charge is 0.195 e. The van der Waals surface area contributed by atoms with Crippen LogP contribution in [0.5, 0.6) is 0 Å². The lowest BCUT2D eigenvalue weighted by molar-refractivity contribution is 0.106. The average molecular weight is 265 g/mol. The van der Waals surface area contributed by atoms with Crippen molar-refractivity contribution in [1.29, 1.82) is 0 Å². The van der Waals surface area contributed by atoms with E-state index in [1.54, 1.807) is 0 Å². The minimum atomic E-state index is 0.127. The first-order valence-corrected chi connectivity index (χ1v) is 7.51. The van der Waals surface area contributed by atoms with Crippen LogP contribution in [0.3, 0.4) is 0 Å². The Morgan fingerprint density at radius 1 is 1.42 bits per heavy atom. The van der Waals surface area contributed by atoms with E-state index in [9.17, 15) is 0 Å². The van der Waals surface area contributed by atoms with Gasteiger partial charge in [-0.05, 0) is 40.2 Å². The number of nitrogens with two attached hydrogens (primary N) is 1. The zero-order chi connectivity index (χ0) is 13.8. The molecular weight excluding hydrogens is 238 g/mol. The van der Waals surface area contributed by atoms with Crippen molar-refractivity contribution in [2.75, 3.05) is 6.54 Å². The number of nitrogens with zero attached hydrogens (tertiary/aromatic N) is 2. The summed E-state index contributed by atoms with van der Waals surface area (Å²) >= 11 is 0. The van der Waals surface area contributed by atoms with E-state index in [1.807, 2.05) is 13.1 Å². The van der Waals surface area contributed by atoms with E-state index >= 15 is 0 Å². The second-order valence-electron chi connectivity index (χ2n) is 6.09. The van der Waals surface area contributed by atoms with Gasteiger partial charge in [0.25, 0.3) is 0 Å². The van der Waals surface area contributed by atoms with Crippen molar-refractivity contribution in [1.82, 2.24) is 9.88 Å². The minimum Gasteiger partial charge on any atom is -0.446 e. The van der Waals surface area contributed by atoms with Gasteiger partial charge in [-0.1, -0.05) is 6.42 Å². The maximum Gasteiger partial charge on any atom is 0.195 e. The van der Waals surface area contributed by atoms with E-state index in [4.69, 9.17) is 10.2 Å². The lowest BCUT2D eigenvalue weighted by Gasteiger charge is -2.38. The number of hydrogen-bond acceptors (Lipinski definition) is 4. The molecule has 0 aliphatic carbocycles. The van der Waals surface area contributed by atoms with Crippen molar-refractivity contribution >= 4 is 0 Å². The fourth-order valence-corrected chi connectivity index (χ4v) is 2.98. The van der Waals surface area contributed by atoms with Crippen LogP contribution in [0.4, 0.5) is 0 Å². The summed E-state index contributed by atoms with van der Waals surface area (Å²) in [6.45, 7) is 7.74. The summed E-state index contributed by atoms with van der Waals surface area (Å²) in [5, 5.41) is 0. The molecule has 0 radical (unpaired) electrons. The van der Waals surface area contributed by atoms with Gasteiger partial charge in [0, 0.05) is 31.0 Å². The van der Waals surface area contributed by atoms with Gasteiger partial charge in [0.2, 0.25) is 0 Å². The predicted molar refractivity (Wildman–Crippen MR) is 77.0 cm³/mol. The molecule has 1 fully saturated rings. The maximum absolute atomic E-state index is 5.81. The van der Waals surface area contributed by atoms with Crippen LogP contribution in [0.25, 0.3) is 0 Å². The number of piperidine rings is 1. The molecule has 1 aromatic rings. The number of rotatable bonds is 5. The normalized spacial score (nSPS) is 22.9. The largest absolute Gasteiger partial charge is 0.446 e. The van der Waals surface area contributed by atoms with E-state index in [1.165, 1.54) is 25.8 Å². The molecule has 2 heterocycles. The predicted octanol–water partition coefficient (Wildman–Crippen LogP) is 2.37. The van der Waals surface area contributed by atoms with Gasteiger partial charge in [-0.3, -0.25) is 4.90 Å². The summed E-state index contributed by atoms with van der Waals surface area (Å²) in [4.78, 5) is 6.99. The molecule has 2 atom stereocenters. The molecule has 108 valence electrons. The lowest BCUT2D eigenvalue weighted by Crippen LogP contribution is -2.45. The summed E-state index contributed by atoms with van der Waals surface area (Å²) in [5.41, 5.74) is 5.78. The number of oxazole rings is 1. The third-order valence-corrected chi connectivity index (χ3v) is 3.87. The number of aromatic nitrogens is 1. The van der Waals surface area contributed by atoms with Gasteiger partial charge in [0.1, 0.15) is 5.76 Å². The van der Waals surface area contributed by atoms with Crippen molar-refractivity contribution in [2.45, 2.75) is 71.0 Å². The second-order valence-corrected chi connectivity index (χ2v) is 6.09. The van der Waals surface area contributed by atoms with Gasteiger partial charge >= 0.3 is 0 Å². The molecule has 1 aliphatic heterocycles. The highest BCUT2D eigenvalue weighted by Gasteiger charge is 2.26.